The fraction of sp³-hybridized carbons (Fsp3) is 0.188. The highest BCUT2D eigenvalue weighted by atomic mass is 32.2. The molecule has 136 valence electrons. The first-order valence-corrected chi connectivity index (χ1v) is 10.1. The Bertz CT molecular complexity index is 1030. The molecule has 0 saturated heterocycles. The molecule has 0 saturated carbocycles. The van der Waals surface area contributed by atoms with E-state index in [0.717, 1.165) is 4.31 Å². The zero-order chi connectivity index (χ0) is 18.7. The normalized spacial score (nSPS) is 11.8. The molecule has 0 spiro atoms. The molecule has 10 heteroatoms. The first-order chi connectivity index (χ1) is 12.4. The van der Waals surface area contributed by atoms with Crippen LogP contribution in [0.2, 0.25) is 0 Å². The van der Waals surface area contributed by atoms with Crippen molar-refractivity contribution in [3.63, 3.8) is 0 Å². The molecule has 3 aromatic rings. The van der Waals surface area contributed by atoms with Gasteiger partial charge in [0.1, 0.15) is 0 Å². The van der Waals surface area contributed by atoms with Crippen LogP contribution >= 0.6 is 11.8 Å². The average molecular weight is 391 g/mol. The molecule has 0 unspecified atom stereocenters. The maximum absolute atomic E-state index is 12.1. The quantitative estimate of drug-likeness (QED) is 0.643. The molecule has 3 rings (SSSR count). The highest BCUT2D eigenvalue weighted by molar-refractivity contribution is 7.99. The SMILES string of the molecule is CN(C)S(=O)(=O)c1ccc(NC(=O)CSc2nnc3ccccn23)cc1. The van der Waals surface area contributed by atoms with E-state index in [4.69, 9.17) is 0 Å². The molecule has 8 nitrogen and oxygen atoms in total. The zero-order valence-corrected chi connectivity index (χ0v) is 15.8. The summed E-state index contributed by atoms with van der Waals surface area (Å²) in [4.78, 5) is 12.3. The summed E-state index contributed by atoms with van der Waals surface area (Å²) in [6.07, 6.45) is 1.83. The van der Waals surface area contributed by atoms with Crippen LogP contribution in [0, 0.1) is 0 Å². The number of carbonyl (C=O) groups excluding carboxylic acids is 1. The molecule has 1 N–H and O–H groups in total. The highest BCUT2D eigenvalue weighted by Crippen LogP contribution is 2.19. The molecule has 0 aliphatic heterocycles. The lowest BCUT2D eigenvalue weighted by molar-refractivity contribution is -0.113. The summed E-state index contributed by atoms with van der Waals surface area (Å²) < 4.78 is 27.0. The van der Waals surface area contributed by atoms with E-state index in [-0.39, 0.29) is 16.6 Å². The van der Waals surface area contributed by atoms with Crippen molar-refractivity contribution in [2.45, 2.75) is 10.1 Å². The van der Waals surface area contributed by atoms with Gasteiger partial charge < -0.3 is 5.32 Å². The monoisotopic (exact) mass is 391 g/mol. The van der Waals surface area contributed by atoms with Crippen LogP contribution < -0.4 is 5.32 Å². The highest BCUT2D eigenvalue weighted by Gasteiger charge is 2.17. The number of sulfonamides is 1. The number of fused-ring (bicyclic) bond motifs is 1. The van der Waals surface area contributed by atoms with Crippen LogP contribution in [0.25, 0.3) is 5.65 Å². The van der Waals surface area contributed by atoms with E-state index in [1.165, 1.54) is 38.0 Å². The third kappa shape index (κ3) is 3.87. The number of pyridine rings is 1. The van der Waals surface area contributed by atoms with E-state index in [1.807, 2.05) is 24.4 Å². The number of thioether (sulfide) groups is 1. The van der Waals surface area contributed by atoms with E-state index in [9.17, 15) is 13.2 Å². The van der Waals surface area contributed by atoms with Crippen molar-refractivity contribution in [3.05, 3.63) is 48.7 Å². The summed E-state index contributed by atoms with van der Waals surface area (Å²) in [6.45, 7) is 0. The van der Waals surface area contributed by atoms with E-state index in [0.29, 0.717) is 16.5 Å². The summed E-state index contributed by atoms with van der Waals surface area (Å²) >= 11 is 1.27. The largest absolute Gasteiger partial charge is 0.325 e. The second kappa shape index (κ2) is 7.44. The van der Waals surface area contributed by atoms with Crippen molar-refractivity contribution in [1.29, 1.82) is 0 Å². The summed E-state index contributed by atoms with van der Waals surface area (Å²) in [5, 5.41) is 11.4. The number of carbonyl (C=O) groups is 1. The van der Waals surface area contributed by atoms with Crippen molar-refractivity contribution in [3.8, 4) is 0 Å². The fourth-order valence-electron chi connectivity index (χ4n) is 2.17. The van der Waals surface area contributed by atoms with Crippen molar-refractivity contribution >= 4 is 39.0 Å². The van der Waals surface area contributed by atoms with Gasteiger partial charge in [-0.2, -0.15) is 0 Å². The van der Waals surface area contributed by atoms with E-state index < -0.39 is 10.0 Å². The first-order valence-electron chi connectivity index (χ1n) is 7.63. The minimum atomic E-state index is -3.48. The molecule has 0 aliphatic carbocycles. The molecule has 0 bridgehead atoms. The van der Waals surface area contributed by atoms with Gasteiger partial charge in [0.25, 0.3) is 0 Å². The number of nitrogens with one attached hydrogen (secondary N) is 1. The fourth-order valence-corrected chi connectivity index (χ4v) is 3.79. The predicted octanol–water partition coefficient (Wildman–Crippen LogP) is 1.71. The predicted molar refractivity (Wildman–Crippen MR) is 99.7 cm³/mol. The smallest absolute Gasteiger partial charge is 0.242 e. The van der Waals surface area contributed by atoms with Crippen LogP contribution in [-0.2, 0) is 14.8 Å². The van der Waals surface area contributed by atoms with Crippen molar-refractivity contribution < 1.29 is 13.2 Å². The van der Waals surface area contributed by atoms with E-state index >= 15 is 0 Å². The van der Waals surface area contributed by atoms with Gasteiger partial charge >= 0.3 is 0 Å². The van der Waals surface area contributed by atoms with Crippen LogP contribution in [0.1, 0.15) is 0 Å². The summed E-state index contributed by atoms with van der Waals surface area (Å²) in [5.74, 6) is -0.0566. The lowest BCUT2D eigenvalue weighted by Crippen LogP contribution is -2.22. The number of hydrogen-bond donors (Lipinski definition) is 1. The number of nitrogens with zero attached hydrogens (tertiary/aromatic N) is 4. The Labute approximate surface area is 155 Å². The Kier molecular flexibility index (Phi) is 5.25. The first kappa shape index (κ1) is 18.4. The molecule has 0 radical (unpaired) electrons. The van der Waals surface area contributed by atoms with Crippen LogP contribution in [0.4, 0.5) is 5.69 Å². The van der Waals surface area contributed by atoms with Gasteiger partial charge in [0, 0.05) is 26.0 Å². The molecule has 0 aliphatic rings. The van der Waals surface area contributed by atoms with Gasteiger partial charge in [-0.25, -0.2) is 12.7 Å². The van der Waals surface area contributed by atoms with Gasteiger partial charge in [-0.15, -0.1) is 10.2 Å². The van der Waals surface area contributed by atoms with Gasteiger partial charge in [0.05, 0.1) is 10.6 Å². The van der Waals surface area contributed by atoms with Crippen LogP contribution in [0.5, 0.6) is 0 Å². The number of hydrogen-bond acceptors (Lipinski definition) is 6. The number of rotatable bonds is 6. The molecular formula is C16H17N5O3S2. The van der Waals surface area contributed by atoms with Crippen molar-refractivity contribution in [2.75, 3.05) is 25.2 Å². The molecule has 2 aromatic heterocycles. The molecule has 2 heterocycles. The van der Waals surface area contributed by atoms with E-state index in [2.05, 4.69) is 15.5 Å². The molecule has 26 heavy (non-hydrogen) atoms. The van der Waals surface area contributed by atoms with E-state index in [1.54, 1.807) is 16.5 Å². The Hall–Kier alpha value is -2.43. The second-order valence-corrected chi connectivity index (χ2v) is 8.65. The molecule has 1 aromatic carbocycles. The van der Waals surface area contributed by atoms with Gasteiger partial charge in [-0.1, -0.05) is 17.8 Å². The van der Waals surface area contributed by atoms with Crippen LogP contribution in [0.3, 0.4) is 0 Å². The third-order valence-corrected chi connectivity index (χ3v) is 6.30. The lowest BCUT2D eigenvalue weighted by Gasteiger charge is -2.12. The topological polar surface area (TPSA) is 96.7 Å². The maximum Gasteiger partial charge on any atom is 0.242 e. The average Bonchev–Trinajstić information content (AvgIpc) is 3.03. The third-order valence-electron chi connectivity index (χ3n) is 3.53. The van der Waals surface area contributed by atoms with Crippen molar-refractivity contribution in [2.24, 2.45) is 0 Å². The van der Waals surface area contributed by atoms with Gasteiger partial charge in [0.2, 0.25) is 15.9 Å². The summed E-state index contributed by atoms with van der Waals surface area (Å²) in [6, 6.07) is 11.6. The second-order valence-electron chi connectivity index (χ2n) is 5.56. The van der Waals surface area contributed by atoms with Gasteiger partial charge in [0.15, 0.2) is 10.8 Å². The lowest BCUT2D eigenvalue weighted by atomic mass is 10.3. The Balaban J connectivity index is 1.62. The molecule has 0 atom stereocenters. The number of amides is 1. The minimum absolute atomic E-state index is 0.160. The molecular weight excluding hydrogens is 374 g/mol. The zero-order valence-electron chi connectivity index (χ0n) is 14.2. The number of anilines is 1. The van der Waals surface area contributed by atoms with Crippen LogP contribution in [-0.4, -0.2) is 53.1 Å². The van der Waals surface area contributed by atoms with Gasteiger partial charge in [-0.05, 0) is 36.4 Å². The molecule has 0 fully saturated rings. The Morgan fingerprint density at radius 3 is 2.58 bits per heavy atom. The summed E-state index contributed by atoms with van der Waals surface area (Å²) in [5.41, 5.74) is 1.24. The molecule has 1 amide bonds. The Morgan fingerprint density at radius 1 is 1.15 bits per heavy atom. The van der Waals surface area contributed by atoms with Crippen molar-refractivity contribution in [1.82, 2.24) is 18.9 Å². The maximum atomic E-state index is 12.1. The summed E-state index contributed by atoms with van der Waals surface area (Å²) in [7, 11) is -0.547. The number of aromatic nitrogens is 3. The number of benzene rings is 1. The standard InChI is InChI=1S/C16H17N5O3S2/c1-20(2)26(23,24)13-8-6-12(7-9-13)17-15(22)11-25-16-19-18-14-5-3-4-10-21(14)16/h3-10H,11H2,1-2H3,(H,17,22). The van der Waals surface area contributed by atoms with Crippen LogP contribution in [0.15, 0.2) is 58.7 Å². The Morgan fingerprint density at radius 2 is 1.88 bits per heavy atom. The minimum Gasteiger partial charge on any atom is -0.325 e. The van der Waals surface area contributed by atoms with Gasteiger partial charge in [-0.3, -0.25) is 9.20 Å².